The van der Waals surface area contributed by atoms with E-state index in [1.165, 1.54) is 16.7 Å². The molecule has 100 valence electrons. The van der Waals surface area contributed by atoms with Crippen LogP contribution in [0.15, 0.2) is 48.8 Å². The van der Waals surface area contributed by atoms with Gasteiger partial charge in [-0.05, 0) is 36.7 Å². The molecule has 2 N–H and O–H groups in total. The lowest BCUT2D eigenvalue weighted by Crippen LogP contribution is -2.29. The minimum atomic E-state index is 0.0443. The van der Waals surface area contributed by atoms with Crippen molar-refractivity contribution in [2.75, 3.05) is 13.6 Å². The predicted octanol–water partition coefficient (Wildman–Crippen LogP) is 2.52. The molecule has 0 saturated carbocycles. The highest BCUT2D eigenvalue weighted by Gasteiger charge is 2.11. The summed E-state index contributed by atoms with van der Waals surface area (Å²) in [7, 11) is 2.09. The van der Waals surface area contributed by atoms with Crippen molar-refractivity contribution in [3.63, 3.8) is 0 Å². The Morgan fingerprint density at radius 2 is 2.00 bits per heavy atom. The number of aromatic nitrogens is 1. The van der Waals surface area contributed by atoms with Gasteiger partial charge in [-0.25, -0.2) is 0 Å². The summed E-state index contributed by atoms with van der Waals surface area (Å²) in [6.45, 7) is 3.81. The van der Waals surface area contributed by atoms with E-state index in [0.29, 0.717) is 0 Å². The summed E-state index contributed by atoms with van der Waals surface area (Å²) in [5.74, 6) is 0. The second kappa shape index (κ2) is 6.45. The van der Waals surface area contributed by atoms with Gasteiger partial charge in [-0.3, -0.25) is 4.98 Å². The van der Waals surface area contributed by atoms with E-state index in [4.69, 9.17) is 5.73 Å². The predicted molar refractivity (Wildman–Crippen MR) is 78.7 cm³/mol. The number of hydrogen-bond acceptors (Lipinski definition) is 3. The van der Waals surface area contributed by atoms with Gasteiger partial charge < -0.3 is 10.6 Å². The maximum atomic E-state index is 6.29. The first kappa shape index (κ1) is 13.7. The standard InChI is InChI=1S/C16H21N3/c1-13-6-3-4-8-15(13)16(17)12-19(2)11-14-7-5-9-18-10-14/h3-10,16H,11-12,17H2,1-2H3. The number of hydrogen-bond donors (Lipinski definition) is 1. The van der Waals surface area contributed by atoms with E-state index in [1.807, 2.05) is 24.4 Å². The van der Waals surface area contributed by atoms with Gasteiger partial charge in [-0.1, -0.05) is 30.3 Å². The van der Waals surface area contributed by atoms with E-state index in [9.17, 15) is 0 Å². The minimum absolute atomic E-state index is 0.0443. The molecule has 0 aliphatic carbocycles. The topological polar surface area (TPSA) is 42.1 Å². The van der Waals surface area contributed by atoms with Crippen molar-refractivity contribution in [1.82, 2.24) is 9.88 Å². The summed E-state index contributed by atoms with van der Waals surface area (Å²) in [6, 6.07) is 12.4. The van der Waals surface area contributed by atoms with Crippen molar-refractivity contribution in [3.05, 3.63) is 65.5 Å². The molecule has 1 atom stereocenters. The molecule has 2 rings (SSSR count). The van der Waals surface area contributed by atoms with E-state index in [2.05, 4.69) is 42.1 Å². The van der Waals surface area contributed by atoms with Crippen LogP contribution >= 0.6 is 0 Å². The Morgan fingerprint density at radius 3 is 2.68 bits per heavy atom. The average Bonchev–Trinajstić information content (AvgIpc) is 2.40. The Kier molecular flexibility index (Phi) is 4.66. The molecule has 1 aromatic carbocycles. The van der Waals surface area contributed by atoms with Gasteiger partial charge in [0, 0.05) is 31.5 Å². The lowest BCUT2D eigenvalue weighted by molar-refractivity contribution is 0.304. The van der Waals surface area contributed by atoms with Crippen LogP contribution in [0, 0.1) is 6.92 Å². The largest absolute Gasteiger partial charge is 0.323 e. The molecule has 0 aliphatic heterocycles. The summed E-state index contributed by atoms with van der Waals surface area (Å²) in [5, 5.41) is 0. The molecule has 3 heteroatoms. The summed E-state index contributed by atoms with van der Waals surface area (Å²) < 4.78 is 0. The van der Waals surface area contributed by atoms with Crippen LogP contribution in [0.5, 0.6) is 0 Å². The number of likely N-dealkylation sites (N-methyl/N-ethyl adjacent to an activating group) is 1. The van der Waals surface area contributed by atoms with Crippen LogP contribution in [-0.4, -0.2) is 23.5 Å². The first-order chi connectivity index (χ1) is 9.16. The van der Waals surface area contributed by atoms with E-state index in [0.717, 1.165) is 13.1 Å². The minimum Gasteiger partial charge on any atom is -0.323 e. The maximum absolute atomic E-state index is 6.29. The highest BCUT2D eigenvalue weighted by atomic mass is 15.1. The molecule has 0 bridgehead atoms. The summed E-state index contributed by atoms with van der Waals surface area (Å²) in [5.41, 5.74) is 9.98. The molecule has 0 amide bonds. The number of benzene rings is 1. The number of nitrogens with zero attached hydrogens (tertiary/aromatic N) is 2. The molecule has 19 heavy (non-hydrogen) atoms. The molecule has 0 fully saturated rings. The lowest BCUT2D eigenvalue weighted by atomic mass is 10.0. The Morgan fingerprint density at radius 1 is 1.21 bits per heavy atom. The van der Waals surface area contributed by atoms with Crippen molar-refractivity contribution >= 4 is 0 Å². The summed E-state index contributed by atoms with van der Waals surface area (Å²) in [6.07, 6.45) is 3.69. The van der Waals surface area contributed by atoms with Gasteiger partial charge in [-0.15, -0.1) is 0 Å². The van der Waals surface area contributed by atoms with Gasteiger partial charge in [0.15, 0.2) is 0 Å². The Hall–Kier alpha value is -1.71. The molecule has 3 nitrogen and oxygen atoms in total. The van der Waals surface area contributed by atoms with Gasteiger partial charge in [-0.2, -0.15) is 0 Å². The number of nitrogens with two attached hydrogens (primary N) is 1. The van der Waals surface area contributed by atoms with Crippen LogP contribution in [0.1, 0.15) is 22.7 Å². The molecular weight excluding hydrogens is 234 g/mol. The average molecular weight is 255 g/mol. The van der Waals surface area contributed by atoms with Crippen molar-refractivity contribution in [3.8, 4) is 0 Å². The van der Waals surface area contributed by atoms with Crippen LogP contribution in [0.25, 0.3) is 0 Å². The third-order valence-electron chi connectivity index (χ3n) is 3.27. The zero-order valence-electron chi connectivity index (χ0n) is 11.6. The van der Waals surface area contributed by atoms with E-state index in [-0.39, 0.29) is 6.04 Å². The van der Waals surface area contributed by atoms with Gasteiger partial charge in [0.2, 0.25) is 0 Å². The zero-order chi connectivity index (χ0) is 13.7. The number of aryl methyl sites for hydroxylation is 1. The quantitative estimate of drug-likeness (QED) is 0.892. The number of rotatable bonds is 5. The molecule has 0 aliphatic rings. The molecule has 0 radical (unpaired) electrons. The molecule has 2 aromatic rings. The van der Waals surface area contributed by atoms with Crippen LogP contribution < -0.4 is 5.73 Å². The van der Waals surface area contributed by atoms with Gasteiger partial charge >= 0.3 is 0 Å². The van der Waals surface area contributed by atoms with Gasteiger partial charge in [0.25, 0.3) is 0 Å². The van der Waals surface area contributed by atoms with Gasteiger partial charge in [0.05, 0.1) is 0 Å². The second-order valence-electron chi connectivity index (χ2n) is 5.02. The fourth-order valence-electron chi connectivity index (χ4n) is 2.30. The maximum Gasteiger partial charge on any atom is 0.0426 e. The number of pyridine rings is 1. The molecule has 0 saturated heterocycles. The van der Waals surface area contributed by atoms with E-state index in [1.54, 1.807) is 6.20 Å². The molecular formula is C16H21N3. The van der Waals surface area contributed by atoms with Crippen LogP contribution in [0.4, 0.5) is 0 Å². The Balaban J connectivity index is 1.96. The van der Waals surface area contributed by atoms with Crippen molar-refractivity contribution < 1.29 is 0 Å². The third-order valence-corrected chi connectivity index (χ3v) is 3.27. The smallest absolute Gasteiger partial charge is 0.0426 e. The highest BCUT2D eigenvalue weighted by molar-refractivity contribution is 5.28. The normalized spacial score (nSPS) is 12.6. The SMILES string of the molecule is Cc1ccccc1C(N)CN(C)Cc1cccnc1. The van der Waals surface area contributed by atoms with E-state index >= 15 is 0 Å². The first-order valence-electron chi connectivity index (χ1n) is 6.55. The second-order valence-corrected chi connectivity index (χ2v) is 5.02. The fraction of sp³-hybridized carbons (Fsp3) is 0.312. The van der Waals surface area contributed by atoms with Crippen molar-refractivity contribution in [2.45, 2.75) is 19.5 Å². The highest BCUT2D eigenvalue weighted by Crippen LogP contribution is 2.16. The summed E-state index contributed by atoms with van der Waals surface area (Å²) >= 11 is 0. The van der Waals surface area contributed by atoms with Gasteiger partial charge in [0.1, 0.15) is 0 Å². The summed E-state index contributed by atoms with van der Waals surface area (Å²) in [4.78, 5) is 6.36. The van der Waals surface area contributed by atoms with Crippen LogP contribution in [0.3, 0.4) is 0 Å². The molecule has 1 aromatic heterocycles. The molecule has 1 heterocycles. The van der Waals surface area contributed by atoms with Crippen molar-refractivity contribution in [2.24, 2.45) is 5.73 Å². The molecule has 1 unspecified atom stereocenters. The van der Waals surface area contributed by atoms with Crippen LogP contribution in [0.2, 0.25) is 0 Å². The fourth-order valence-corrected chi connectivity index (χ4v) is 2.30. The van der Waals surface area contributed by atoms with Crippen molar-refractivity contribution in [1.29, 1.82) is 0 Å². The Labute approximate surface area is 115 Å². The lowest BCUT2D eigenvalue weighted by Gasteiger charge is -2.22. The Bertz CT molecular complexity index is 510. The molecule has 0 spiro atoms. The third kappa shape index (κ3) is 3.88. The zero-order valence-corrected chi connectivity index (χ0v) is 11.6. The monoisotopic (exact) mass is 255 g/mol. The van der Waals surface area contributed by atoms with Crippen LogP contribution in [-0.2, 0) is 6.54 Å². The van der Waals surface area contributed by atoms with E-state index < -0.39 is 0 Å². The first-order valence-corrected chi connectivity index (χ1v) is 6.55.